The van der Waals surface area contributed by atoms with E-state index in [1.165, 1.54) is 22.5 Å². The third-order valence-electron chi connectivity index (χ3n) is 5.57. The van der Waals surface area contributed by atoms with Crippen LogP contribution in [0.15, 0.2) is 51.8 Å². The van der Waals surface area contributed by atoms with Gasteiger partial charge in [0.2, 0.25) is 21.8 Å². The van der Waals surface area contributed by atoms with Gasteiger partial charge in [0, 0.05) is 36.7 Å². The number of benzene rings is 2. The molecule has 2 heterocycles. The molecule has 1 saturated heterocycles. The van der Waals surface area contributed by atoms with E-state index in [2.05, 4.69) is 10.2 Å². The van der Waals surface area contributed by atoms with E-state index in [0.29, 0.717) is 43.3 Å². The predicted octanol–water partition coefficient (Wildman–Crippen LogP) is 3.53. The van der Waals surface area contributed by atoms with Gasteiger partial charge in [0.15, 0.2) is 0 Å². The van der Waals surface area contributed by atoms with Crippen LogP contribution in [0.1, 0.15) is 30.2 Å². The van der Waals surface area contributed by atoms with Gasteiger partial charge in [-0.05, 0) is 55.7 Å². The number of nitro benzene ring substituents is 1. The molecule has 10 nitrogen and oxygen atoms in total. The second-order valence-corrected chi connectivity index (χ2v) is 9.47. The van der Waals surface area contributed by atoms with Crippen LogP contribution in [0.5, 0.6) is 5.75 Å². The Hall–Kier alpha value is -3.31. The molecule has 168 valence electrons. The number of non-ortho nitro benzene ring substituents is 1. The third kappa shape index (κ3) is 4.21. The summed E-state index contributed by atoms with van der Waals surface area (Å²) in [4.78, 5) is 10.5. The maximum Gasteiger partial charge on any atom is 0.269 e. The molecule has 1 aliphatic rings. The largest absolute Gasteiger partial charge is 0.497 e. The zero-order valence-corrected chi connectivity index (χ0v) is 18.4. The topological polar surface area (TPSA) is 129 Å². The van der Waals surface area contributed by atoms with Crippen molar-refractivity contribution in [2.45, 2.75) is 30.6 Å². The van der Waals surface area contributed by atoms with Crippen molar-refractivity contribution in [1.82, 2.24) is 14.5 Å². The molecule has 0 unspecified atom stereocenters. The number of ether oxygens (including phenoxy) is 1. The Morgan fingerprint density at radius 3 is 2.41 bits per heavy atom. The molecule has 32 heavy (non-hydrogen) atoms. The Bertz CT molecular complexity index is 1230. The quantitative estimate of drug-likeness (QED) is 0.405. The molecule has 4 rings (SSSR count). The Kier molecular flexibility index (Phi) is 5.94. The van der Waals surface area contributed by atoms with Gasteiger partial charge < -0.3 is 9.15 Å². The maximum absolute atomic E-state index is 13.1. The minimum Gasteiger partial charge on any atom is -0.497 e. The smallest absolute Gasteiger partial charge is 0.269 e. The Labute approximate surface area is 185 Å². The van der Waals surface area contributed by atoms with Crippen LogP contribution in [0.25, 0.3) is 11.5 Å². The second-order valence-electron chi connectivity index (χ2n) is 7.56. The third-order valence-corrected chi connectivity index (χ3v) is 7.63. The minimum atomic E-state index is -3.75. The van der Waals surface area contributed by atoms with Crippen molar-refractivity contribution < 1.29 is 22.5 Å². The van der Waals surface area contributed by atoms with Crippen LogP contribution >= 0.6 is 0 Å². The van der Waals surface area contributed by atoms with Gasteiger partial charge in [0.25, 0.3) is 5.69 Å². The number of sulfonamides is 1. The second kappa shape index (κ2) is 8.67. The Morgan fingerprint density at radius 1 is 1.12 bits per heavy atom. The van der Waals surface area contributed by atoms with Crippen LogP contribution in [-0.2, 0) is 10.0 Å². The number of nitrogens with zero attached hydrogens (tertiary/aromatic N) is 4. The molecule has 1 fully saturated rings. The number of nitro groups is 1. The highest BCUT2D eigenvalue weighted by Gasteiger charge is 2.33. The molecule has 0 N–H and O–H groups in total. The van der Waals surface area contributed by atoms with Crippen molar-refractivity contribution in [3.05, 3.63) is 64.0 Å². The molecule has 3 aromatic rings. The number of hydrogen-bond donors (Lipinski definition) is 0. The first kappa shape index (κ1) is 21.9. The van der Waals surface area contributed by atoms with Gasteiger partial charge in [0.05, 0.1) is 16.9 Å². The highest BCUT2D eigenvalue weighted by molar-refractivity contribution is 7.89. The van der Waals surface area contributed by atoms with Crippen molar-refractivity contribution in [2.75, 3.05) is 20.2 Å². The summed E-state index contributed by atoms with van der Waals surface area (Å²) < 4.78 is 38.5. The summed E-state index contributed by atoms with van der Waals surface area (Å²) >= 11 is 0. The summed E-state index contributed by atoms with van der Waals surface area (Å²) in [6.07, 6.45) is 1.07. The molecular formula is C21H22N4O6S. The lowest BCUT2D eigenvalue weighted by Gasteiger charge is -2.30. The Morgan fingerprint density at radius 2 is 1.81 bits per heavy atom. The SMILES string of the molecule is COc1ccc(-c2nnc(C3CCN(S(=O)(=O)c4ccc([N+](=O)[O-])cc4C)CC3)o2)cc1. The van der Waals surface area contributed by atoms with E-state index in [1.807, 2.05) is 24.3 Å². The van der Waals surface area contributed by atoms with Crippen LogP contribution in [0.2, 0.25) is 0 Å². The first-order chi connectivity index (χ1) is 15.3. The zero-order valence-electron chi connectivity index (χ0n) is 17.6. The number of aromatic nitrogens is 2. The molecule has 0 spiro atoms. The van der Waals surface area contributed by atoms with E-state index in [9.17, 15) is 18.5 Å². The van der Waals surface area contributed by atoms with E-state index < -0.39 is 14.9 Å². The molecule has 0 aliphatic carbocycles. The van der Waals surface area contributed by atoms with E-state index in [1.54, 1.807) is 14.0 Å². The van der Waals surface area contributed by atoms with Crippen LogP contribution in [0, 0.1) is 17.0 Å². The summed E-state index contributed by atoms with van der Waals surface area (Å²) in [6.45, 7) is 2.15. The maximum atomic E-state index is 13.1. The summed E-state index contributed by atoms with van der Waals surface area (Å²) in [6, 6.07) is 11.1. The molecular weight excluding hydrogens is 436 g/mol. The summed E-state index contributed by atoms with van der Waals surface area (Å²) in [5, 5.41) is 19.2. The molecule has 0 amide bonds. The van der Waals surface area contributed by atoms with Gasteiger partial charge >= 0.3 is 0 Å². The average Bonchev–Trinajstić information content (AvgIpc) is 3.29. The number of methoxy groups -OCH3 is 1. The summed E-state index contributed by atoms with van der Waals surface area (Å²) in [5.41, 5.74) is 0.991. The Balaban J connectivity index is 1.45. The fraction of sp³-hybridized carbons (Fsp3) is 0.333. The molecule has 11 heteroatoms. The number of rotatable bonds is 6. The number of hydrogen-bond acceptors (Lipinski definition) is 8. The molecule has 0 atom stereocenters. The highest BCUT2D eigenvalue weighted by atomic mass is 32.2. The first-order valence-corrected chi connectivity index (χ1v) is 11.5. The summed E-state index contributed by atoms with van der Waals surface area (Å²) in [7, 11) is -2.16. The monoisotopic (exact) mass is 458 g/mol. The standard InChI is InChI=1S/C21H22N4O6S/c1-14-13-17(25(26)27)5-8-19(14)32(28,29)24-11-9-16(10-12-24)21-23-22-20(31-21)15-3-6-18(30-2)7-4-15/h3-8,13,16H,9-12H2,1-2H3. The van der Waals surface area contributed by atoms with Gasteiger partial charge in [-0.15, -0.1) is 10.2 Å². The van der Waals surface area contributed by atoms with Gasteiger partial charge in [-0.25, -0.2) is 8.42 Å². The average molecular weight is 458 g/mol. The van der Waals surface area contributed by atoms with Crippen LogP contribution in [0.3, 0.4) is 0 Å². The molecule has 0 saturated carbocycles. The van der Waals surface area contributed by atoms with E-state index >= 15 is 0 Å². The van der Waals surface area contributed by atoms with Crippen molar-refractivity contribution in [2.24, 2.45) is 0 Å². The lowest BCUT2D eigenvalue weighted by Crippen LogP contribution is -2.38. The van der Waals surface area contributed by atoms with E-state index in [-0.39, 0.29) is 16.5 Å². The van der Waals surface area contributed by atoms with E-state index in [0.717, 1.165) is 11.3 Å². The zero-order chi connectivity index (χ0) is 22.9. The van der Waals surface area contributed by atoms with Gasteiger partial charge in [-0.2, -0.15) is 4.31 Å². The van der Waals surface area contributed by atoms with Gasteiger partial charge in [-0.1, -0.05) is 0 Å². The molecule has 0 bridgehead atoms. The molecule has 1 aromatic heterocycles. The number of aryl methyl sites for hydroxylation is 1. The fourth-order valence-corrected chi connectivity index (χ4v) is 5.44. The van der Waals surface area contributed by atoms with Crippen molar-refractivity contribution in [3.8, 4) is 17.2 Å². The highest BCUT2D eigenvalue weighted by Crippen LogP contribution is 2.33. The molecule has 1 aliphatic heterocycles. The van der Waals surface area contributed by atoms with Crippen molar-refractivity contribution >= 4 is 15.7 Å². The van der Waals surface area contributed by atoms with Gasteiger partial charge in [0.1, 0.15) is 5.75 Å². The van der Waals surface area contributed by atoms with Crippen LogP contribution in [-0.4, -0.2) is 48.0 Å². The first-order valence-electron chi connectivity index (χ1n) is 10.0. The number of piperidine rings is 1. The van der Waals surface area contributed by atoms with Crippen molar-refractivity contribution in [1.29, 1.82) is 0 Å². The lowest BCUT2D eigenvalue weighted by atomic mass is 9.98. The molecule has 0 radical (unpaired) electrons. The fourth-order valence-electron chi connectivity index (χ4n) is 3.77. The van der Waals surface area contributed by atoms with Crippen LogP contribution < -0.4 is 4.74 Å². The predicted molar refractivity (Wildman–Crippen MR) is 115 cm³/mol. The lowest BCUT2D eigenvalue weighted by molar-refractivity contribution is -0.385. The van der Waals surface area contributed by atoms with Gasteiger partial charge in [-0.3, -0.25) is 10.1 Å². The van der Waals surface area contributed by atoms with E-state index in [4.69, 9.17) is 9.15 Å². The minimum absolute atomic E-state index is 0.0427. The van der Waals surface area contributed by atoms with Crippen LogP contribution in [0.4, 0.5) is 5.69 Å². The summed E-state index contributed by atoms with van der Waals surface area (Å²) in [5.74, 6) is 1.57. The normalized spacial score (nSPS) is 15.6. The van der Waals surface area contributed by atoms with Crippen molar-refractivity contribution in [3.63, 3.8) is 0 Å². The molecule has 2 aromatic carbocycles.